The molecule has 160 valence electrons. The van der Waals surface area contributed by atoms with Crippen LogP contribution in [0.1, 0.15) is 60.5 Å². The summed E-state index contributed by atoms with van der Waals surface area (Å²) in [6.07, 6.45) is 5.19. The molecule has 0 spiro atoms. The van der Waals surface area contributed by atoms with Crippen LogP contribution in [0.3, 0.4) is 0 Å². The molecule has 1 aromatic carbocycles. The number of benzene rings is 1. The Morgan fingerprint density at radius 3 is 2.70 bits per heavy atom. The van der Waals surface area contributed by atoms with Crippen LogP contribution in [0.5, 0.6) is 0 Å². The van der Waals surface area contributed by atoms with Crippen molar-refractivity contribution in [3.8, 4) is 0 Å². The zero-order valence-electron chi connectivity index (χ0n) is 17.5. The molecule has 2 amide bonds. The van der Waals surface area contributed by atoms with Gasteiger partial charge in [0.2, 0.25) is 5.91 Å². The number of carbonyl (C=O) groups excluding carboxylic acids is 2. The topological polar surface area (TPSA) is 76.5 Å². The molecule has 0 saturated carbocycles. The fraction of sp³-hybridized carbons (Fsp3) is 0.522. The molecule has 1 fully saturated rings. The van der Waals surface area contributed by atoms with Crippen LogP contribution < -0.4 is 5.32 Å². The van der Waals surface area contributed by atoms with Gasteiger partial charge in [0.15, 0.2) is 5.69 Å². The van der Waals surface area contributed by atoms with Crippen LogP contribution in [0, 0.1) is 5.92 Å². The van der Waals surface area contributed by atoms with E-state index in [4.69, 9.17) is 4.74 Å². The van der Waals surface area contributed by atoms with Crippen LogP contribution in [-0.2, 0) is 22.7 Å². The normalized spacial score (nSPS) is 19.4. The van der Waals surface area contributed by atoms with E-state index in [1.54, 1.807) is 6.33 Å². The summed E-state index contributed by atoms with van der Waals surface area (Å²) in [4.78, 5) is 31.6. The van der Waals surface area contributed by atoms with Crippen molar-refractivity contribution in [3.05, 3.63) is 53.6 Å². The molecule has 3 heterocycles. The SMILES string of the molecule is CCCCNC(=O)C1CCN(C(=O)c2ncn3c2CO[C@@H](c2ccccc2)C3)CC1. The predicted molar refractivity (Wildman–Crippen MR) is 113 cm³/mol. The van der Waals surface area contributed by atoms with Gasteiger partial charge in [-0.1, -0.05) is 43.7 Å². The highest BCUT2D eigenvalue weighted by Gasteiger charge is 2.32. The number of piperidine rings is 1. The second-order valence-electron chi connectivity index (χ2n) is 8.11. The number of aromatic nitrogens is 2. The maximum Gasteiger partial charge on any atom is 0.274 e. The molecule has 1 N–H and O–H groups in total. The summed E-state index contributed by atoms with van der Waals surface area (Å²) in [5.74, 6) is 0.0578. The molecular formula is C23H30N4O3. The molecule has 0 aliphatic carbocycles. The summed E-state index contributed by atoms with van der Waals surface area (Å²) in [6.45, 7) is 5.04. The van der Waals surface area contributed by atoms with E-state index in [0.29, 0.717) is 44.8 Å². The van der Waals surface area contributed by atoms with Gasteiger partial charge in [-0.25, -0.2) is 4.98 Å². The van der Waals surface area contributed by atoms with E-state index in [2.05, 4.69) is 29.4 Å². The number of amides is 2. The lowest BCUT2D eigenvalue weighted by Crippen LogP contribution is -2.43. The lowest BCUT2D eigenvalue weighted by Gasteiger charge is -2.31. The van der Waals surface area contributed by atoms with Crippen LogP contribution in [-0.4, -0.2) is 45.9 Å². The molecule has 7 nitrogen and oxygen atoms in total. The number of ether oxygens (including phenoxy) is 1. The van der Waals surface area contributed by atoms with E-state index in [1.807, 2.05) is 27.7 Å². The fourth-order valence-corrected chi connectivity index (χ4v) is 4.20. The molecular weight excluding hydrogens is 380 g/mol. The minimum Gasteiger partial charge on any atom is -0.365 e. The van der Waals surface area contributed by atoms with E-state index in [1.165, 1.54) is 0 Å². The van der Waals surface area contributed by atoms with Gasteiger partial charge in [0.25, 0.3) is 5.91 Å². The van der Waals surface area contributed by atoms with E-state index < -0.39 is 0 Å². The molecule has 0 bridgehead atoms. The molecule has 2 aliphatic heterocycles. The molecule has 1 saturated heterocycles. The van der Waals surface area contributed by atoms with Crippen molar-refractivity contribution < 1.29 is 14.3 Å². The number of fused-ring (bicyclic) bond motifs is 1. The van der Waals surface area contributed by atoms with Crippen molar-refractivity contribution in [3.63, 3.8) is 0 Å². The Labute approximate surface area is 177 Å². The first-order chi connectivity index (χ1) is 14.7. The Balaban J connectivity index is 1.35. The predicted octanol–water partition coefficient (Wildman–Crippen LogP) is 2.92. The molecule has 30 heavy (non-hydrogen) atoms. The van der Waals surface area contributed by atoms with Crippen molar-refractivity contribution in [1.29, 1.82) is 0 Å². The van der Waals surface area contributed by atoms with Gasteiger partial charge in [0, 0.05) is 25.6 Å². The zero-order chi connectivity index (χ0) is 20.9. The summed E-state index contributed by atoms with van der Waals surface area (Å²) in [7, 11) is 0. The molecule has 1 aromatic heterocycles. The smallest absolute Gasteiger partial charge is 0.274 e. The summed E-state index contributed by atoms with van der Waals surface area (Å²) in [6, 6.07) is 10.1. The van der Waals surface area contributed by atoms with Crippen LogP contribution in [0.4, 0.5) is 0 Å². The second-order valence-corrected chi connectivity index (χ2v) is 8.11. The van der Waals surface area contributed by atoms with Crippen LogP contribution >= 0.6 is 0 Å². The zero-order valence-corrected chi connectivity index (χ0v) is 17.5. The summed E-state index contributed by atoms with van der Waals surface area (Å²) in [5, 5.41) is 3.01. The summed E-state index contributed by atoms with van der Waals surface area (Å²) in [5.41, 5.74) is 2.45. The maximum atomic E-state index is 13.1. The highest BCUT2D eigenvalue weighted by Crippen LogP contribution is 2.28. The lowest BCUT2D eigenvalue weighted by atomic mass is 9.95. The molecule has 4 rings (SSSR count). The van der Waals surface area contributed by atoms with Crippen molar-refractivity contribution in [1.82, 2.24) is 19.8 Å². The number of nitrogens with one attached hydrogen (secondary N) is 1. The average Bonchev–Trinajstić information content (AvgIpc) is 3.22. The third-order valence-electron chi connectivity index (χ3n) is 6.09. The first kappa shape index (κ1) is 20.6. The van der Waals surface area contributed by atoms with E-state index in [0.717, 1.165) is 30.6 Å². The third-order valence-corrected chi connectivity index (χ3v) is 6.09. The highest BCUT2D eigenvalue weighted by atomic mass is 16.5. The van der Waals surface area contributed by atoms with Gasteiger partial charge in [-0.05, 0) is 24.8 Å². The molecule has 0 unspecified atom stereocenters. The monoisotopic (exact) mass is 410 g/mol. The highest BCUT2D eigenvalue weighted by molar-refractivity contribution is 5.93. The summed E-state index contributed by atoms with van der Waals surface area (Å²) >= 11 is 0. The third kappa shape index (κ3) is 4.41. The van der Waals surface area contributed by atoms with Gasteiger partial charge >= 0.3 is 0 Å². The Morgan fingerprint density at radius 1 is 1.20 bits per heavy atom. The Bertz CT molecular complexity index is 872. The van der Waals surface area contributed by atoms with Crippen molar-refractivity contribution in [2.24, 2.45) is 5.92 Å². The Hall–Kier alpha value is -2.67. The van der Waals surface area contributed by atoms with Crippen molar-refractivity contribution in [2.45, 2.75) is 51.9 Å². The van der Waals surface area contributed by atoms with Gasteiger partial charge in [-0.2, -0.15) is 0 Å². The van der Waals surface area contributed by atoms with Crippen molar-refractivity contribution >= 4 is 11.8 Å². The van der Waals surface area contributed by atoms with Gasteiger partial charge in [0.1, 0.15) is 6.10 Å². The Morgan fingerprint density at radius 2 is 1.97 bits per heavy atom. The minimum absolute atomic E-state index is 0.00298. The van der Waals surface area contributed by atoms with Crippen molar-refractivity contribution in [2.75, 3.05) is 19.6 Å². The van der Waals surface area contributed by atoms with E-state index in [-0.39, 0.29) is 23.8 Å². The molecule has 1 atom stereocenters. The standard InChI is InChI=1S/C23H30N4O3/c1-2-3-11-24-22(28)18-9-12-26(13-10-18)23(29)21-19-15-30-20(14-27(19)16-25-21)17-7-5-4-6-8-17/h4-8,16,18,20H,2-3,9-15H2,1H3,(H,24,28)/t20-/m1/s1. The average molecular weight is 411 g/mol. The number of carbonyl (C=O) groups is 2. The quantitative estimate of drug-likeness (QED) is 0.743. The van der Waals surface area contributed by atoms with Gasteiger partial charge < -0.3 is 19.5 Å². The van der Waals surface area contributed by atoms with Crippen LogP contribution in [0.25, 0.3) is 0 Å². The summed E-state index contributed by atoms with van der Waals surface area (Å²) < 4.78 is 8.07. The van der Waals surface area contributed by atoms with Gasteiger partial charge in [-0.15, -0.1) is 0 Å². The second kappa shape index (κ2) is 9.43. The van der Waals surface area contributed by atoms with Crippen LogP contribution in [0.15, 0.2) is 36.7 Å². The minimum atomic E-state index is -0.0599. The number of imidazole rings is 1. The Kier molecular flexibility index (Phi) is 6.47. The fourth-order valence-electron chi connectivity index (χ4n) is 4.20. The lowest BCUT2D eigenvalue weighted by molar-refractivity contribution is -0.126. The molecule has 0 radical (unpaired) electrons. The first-order valence-electron chi connectivity index (χ1n) is 10.9. The van der Waals surface area contributed by atoms with E-state index in [9.17, 15) is 9.59 Å². The number of hydrogen-bond donors (Lipinski definition) is 1. The molecule has 2 aromatic rings. The number of rotatable bonds is 6. The van der Waals surface area contributed by atoms with Gasteiger partial charge in [-0.3, -0.25) is 9.59 Å². The van der Waals surface area contributed by atoms with Crippen LogP contribution in [0.2, 0.25) is 0 Å². The number of unbranched alkanes of at least 4 members (excludes halogenated alkanes) is 1. The van der Waals surface area contributed by atoms with E-state index >= 15 is 0 Å². The largest absolute Gasteiger partial charge is 0.365 e. The molecule has 7 heteroatoms. The number of hydrogen-bond acceptors (Lipinski definition) is 4. The first-order valence-corrected chi connectivity index (χ1v) is 10.9. The maximum absolute atomic E-state index is 13.1. The van der Waals surface area contributed by atoms with Gasteiger partial charge in [0.05, 0.1) is 25.2 Å². The molecule has 2 aliphatic rings. The number of nitrogens with zero attached hydrogens (tertiary/aromatic N) is 3. The number of likely N-dealkylation sites (tertiary alicyclic amines) is 1.